The van der Waals surface area contributed by atoms with Gasteiger partial charge >= 0.3 is 0 Å². The fourth-order valence-corrected chi connectivity index (χ4v) is 2.59. The predicted molar refractivity (Wildman–Crippen MR) is 75.6 cm³/mol. The molecule has 0 radical (unpaired) electrons. The van der Waals surface area contributed by atoms with Gasteiger partial charge in [0.15, 0.2) is 0 Å². The van der Waals surface area contributed by atoms with Crippen LogP contribution in [0.5, 0.6) is 0 Å². The number of hydrogen-bond donors (Lipinski definition) is 1. The molecule has 0 atom stereocenters. The molecule has 1 aromatic rings. The number of likely N-dealkylation sites (tertiary alicyclic amines) is 1. The second-order valence-corrected chi connectivity index (χ2v) is 5.80. The van der Waals surface area contributed by atoms with Gasteiger partial charge in [0, 0.05) is 13.2 Å². The minimum Gasteiger partial charge on any atom is -0.396 e. The van der Waals surface area contributed by atoms with Gasteiger partial charge in [-0.25, -0.2) is 0 Å². The smallest absolute Gasteiger partial charge is 0.0460 e. The van der Waals surface area contributed by atoms with Gasteiger partial charge in [-0.2, -0.15) is 0 Å². The second kappa shape index (κ2) is 6.35. The van der Waals surface area contributed by atoms with Gasteiger partial charge in [0.25, 0.3) is 0 Å². The SMILES string of the molecule is CC(C)c1ccc(CN2CCC(CO)CC2)cc1. The summed E-state index contributed by atoms with van der Waals surface area (Å²) in [4.78, 5) is 2.50. The first kappa shape index (κ1) is 13.6. The van der Waals surface area contributed by atoms with E-state index < -0.39 is 0 Å². The molecular weight excluding hydrogens is 222 g/mol. The van der Waals surface area contributed by atoms with Crippen LogP contribution in [-0.4, -0.2) is 29.7 Å². The third-order valence-electron chi connectivity index (χ3n) is 4.02. The molecule has 1 aliphatic rings. The van der Waals surface area contributed by atoms with Gasteiger partial charge in [-0.05, 0) is 48.9 Å². The van der Waals surface area contributed by atoms with E-state index in [1.165, 1.54) is 11.1 Å². The van der Waals surface area contributed by atoms with Crippen LogP contribution in [0.15, 0.2) is 24.3 Å². The Morgan fingerprint density at radius 3 is 2.28 bits per heavy atom. The van der Waals surface area contributed by atoms with Crippen molar-refractivity contribution < 1.29 is 5.11 Å². The van der Waals surface area contributed by atoms with Crippen molar-refractivity contribution in [1.82, 2.24) is 4.90 Å². The first-order valence-electron chi connectivity index (χ1n) is 7.11. The summed E-state index contributed by atoms with van der Waals surface area (Å²) in [6, 6.07) is 9.02. The van der Waals surface area contributed by atoms with E-state index in [9.17, 15) is 0 Å². The third kappa shape index (κ3) is 3.56. The van der Waals surface area contributed by atoms with Gasteiger partial charge in [-0.15, -0.1) is 0 Å². The zero-order valence-corrected chi connectivity index (χ0v) is 11.6. The maximum absolute atomic E-state index is 9.13. The lowest BCUT2D eigenvalue weighted by Crippen LogP contribution is -2.34. The van der Waals surface area contributed by atoms with E-state index in [2.05, 4.69) is 43.0 Å². The number of piperidine rings is 1. The van der Waals surface area contributed by atoms with Crippen molar-refractivity contribution in [3.05, 3.63) is 35.4 Å². The van der Waals surface area contributed by atoms with Crippen LogP contribution < -0.4 is 0 Å². The molecule has 1 saturated heterocycles. The van der Waals surface area contributed by atoms with Gasteiger partial charge in [-0.3, -0.25) is 4.90 Å². The quantitative estimate of drug-likeness (QED) is 0.884. The molecule has 1 heterocycles. The maximum Gasteiger partial charge on any atom is 0.0460 e. The fraction of sp³-hybridized carbons (Fsp3) is 0.625. The summed E-state index contributed by atoms with van der Waals surface area (Å²) in [5.74, 6) is 1.14. The van der Waals surface area contributed by atoms with Crippen molar-refractivity contribution in [3.63, 3.8) is 0 Å². The molecule has 1 aliphatic heterocycles. The summed E-state index contributed by atoms with van der Waals surface area (Å²) in [5, 5.41) is 9.13. The molecule has 0 unspecified atom stereocenters. The number of aliphatic hydroxyl groups excluding tert-OH is 1. The van der Waals surface area contributed by atoms with E-state index in [0.717, 1.165) is 32.5 Å². The van der Waals surface area contributed by atoms with Crippen LogP contribution in [-0.2, 0) is 6.54 Å². The summed E-state index contributed by atoms with van der Waals surface area (Å²) >= 11 is 0. The van der Waals surface area contributed by atoms with Crippen LogP contribution in [0.4, 0.5) is 0 Å². The number of hydrogen-bond acceptors (Lipinski definition) is 2. The van der Waals surface area contributed by atoms with E-state index in [0.29, 0.717) is 18.4 Å². The Bertz CT molecular complexity index is 350. The lowest BCUT2D eigenvalue weighted by atomic mass is 9.97. The lowest BCUT2D eigenvalue weighted by molar-refractivity contribution is 0.127. The molecule has 0 bridgehead atoms. The zero-order valence-electron chi connectivity index (χ0n) is 11.6. The standard InChI is InChI=1S/C16H25NO/c1-13(2)16-5-3-14(4-6-16)11-17-9-7-15(12-18)8-10-17/h3-6,13,15,18H,7-12H2,1-2H3. The largest absolute Gasteiger partial charge is 0.396 e. The van der Waals surface area contributed by atoms with Crippen LogP contribution in [0.3, 0.4) is 0 Å². The molecule has 2 rings (SSSR count). The molecule has 18 heavy (non-hydrogen) atoms. The molecule has 0 aliphatic carbocycles. The van der Waals surface area contributed by atoms with Crippen LogP contribution in [0, 0.1) is 5.92 Å². The van der Waals surface area contributed by atoms with Gasteiger partial charge in [-0.1, -0.05) is 38.1 Å². The fourth-order valence-electron chi connectivity index (χ4n) is 2.59. The van der Waals surface area contributed by atoms with Gasteiger partial charge in [0.1, 0.15) is 0 Å². The van der Waals surface area contributed by atoms with Crippen molar-refractivity contribution in [2.75, 3.05) is 19.7 Å². The number of nitrogens with zero attached hydrogens (tertiary/aromatic N) is 1. The summed E-state index contributed by atoms with van der Waals surface area (Å²) in [5.41, 5.74) is 2.82. The average molecular weight is 247 g/mol. The highest BCUT2D eigenvalue weighted by molar-refractivity contribution is 5.24. The monoisotopic (exact) mass is 247 g/mol. The molecular formula is C16H25NO. The minimum absolute atomic E-state index is 0.358. The molecule has 1 fully saturated rings. The van der Waals surface area contributed by atoms with E-state index in [4.69, 9.17) is 5.11 Å². The molecule has 1 aromatic carbocycles. The molecule has 0 amide bonds. The Labute approximate surface area is 111 Å². The van der Waals surface area contributed by atoms with Crippen LogP contribution >= 0.6 is 0 Å². The molecule has 2 heteroatoms. The van der Waals surface area contributed by atoms with Crippen molar-refractivity contribution in [1.29, 1.82) is 0 Å². The lowest BCUT2D eigenvalue weighted by Gasteiger charge is -2.31. The molecule has 100 valence electrons. The minimum atomic E-state index is 0.358. The highest BCUT2D eigenvalue weighted by Crippen LogP contribution is 2.20. The summed E-state index contributed by atoms with van der Waals surface area (Å²) in [6.07, 6.45) is 2.28. The average Bonchev–Trinajstić information content (AvgIpc) is 2.40. The van der Waals surface area contributed by atoms with E-state index in [1.807, 2.05) is 0 Å². The predicted octanol–water partition coefficient (Wildman–Crippen LogP) is 3.01. The Balaban J connectivity index is 1.86. The van der Waals surface area contributed by atoms with E-state index in [-0.39, 0.29) is 0 Å². The van der Waals surface area contributed by atoms with Crippen molar-refractivity contribution >= 4 is 0 Å². The highest BCUT2D eigenvalue weighted by atomic mass is 16.3. The summed E-state index contributed by atoms with van der Waals surface area (Å²) < 4.78 is 0. The molecule has 1 N–H and O–H groups in total. The van der Waals surface area contributed by atoms with Crippen molar-refractivity contribution in [2.24, 2.45) is 5.92 Å². The topological polar surface area (TPSA) is 23.5 Å². The van der Waals surface area contributed by atoms with Gasteiger partial charge < -0.3 is 5.11 Å². The second-order valence-electron chi connectivity index (χ2n) is 5.80. The number of rotatable bonds is 4. The van der Waals surface area contributed by atoms with Crippen LogP contribution in [0.2, 0.25) is 0 Å². The van der Waals surface area contributed by atoms with Crippen molar-refractivity contribution in [3.8, 4) is 0 Å². The Hall–Kier alpha value is -0.860. The molecule has 2 nitrogen and oxygen atoms in total. The molecule has 0 saturated carbocycles. The first-order chi connectivity index (χ1) is 8.69. The van der Waals surface area contributed by atoms with Crippen LogP contribution in [0.25, 0.3) is 0 Å². The van der Waals surface area contributed by atoms with E-state index >= 15 is 0 Å². The zero-order chi connectivity index (χ0) is 13.0. The molecule has 0 spiro atoms. The van der Waals surface area contributed by atoms with Crippen molar-refractivity contribution in [2.45, 2.75) is 39.2 Å². The summed E-state index contributed by atoms with van der Waals surface area (Å²) in [6.45, 7) is 8.12. The third-order valence-corrected chi connectivity index (χ3v) is 4.02. The summed E-state index contributed by atoms with van der Waals surface area (Å²) in [7, 11) is 0. The highest BCUT2D eigenvalue weighted by Gasteiger charge is 2.18. The van der Waals surface area contributed by atoms with Gasteiger partial charge in [0.05, 0.1) is 0 Å². The van der Waals surface area contributed by atoms with E-state index in [1.54, 1.807) is 0 Å². The van der Waals surface area contributed by atoms with Gasteiger partial charge in [0.2, 0.25) is 0 Å². The number of aliphatic hydroxyl groups is 1. The first-order valence-corrected chi connectivity index (χ1v) is 7.11. The maximum atomic E-state index is 9.13. The molecule has 0 aromatic heterocycles. The van der Waals surface area contributed by atoms with Crippen LogP contribution in [0.1, 0.15) is 43.7 Å². The Morgan fingerprint density at radius 2 is 1.78 bits per heavy atom. The number of benzene rings is 1. The Morgan fingerprint density at radius 1 is 1.17 bits per heavy atom. The normalized spacial score (nSPS) is 18.4. The Kier molecular flexibility index (Phi) is 4.79.